The zero-order valence-corrected chi connectivity index (χ0v) is 9.10. The summed E-state index contributed by atoms with van der Waals surface area (Å²) < 4.78 is 19.0. The molecule has 0 saturated heterocycles. The number of benzene rings is 1. The van der Waals surface area contributed by atoms with Crippen LogP contribution in [0.25, 0.3) is 11.0 Å². The predicted octanol–water partition coefficient (Wildman–Crippen LogP) is 3.07. The normalized spacial score (nSPS) is 12.3. The molecule has 0 aliphatic rings. The fourth-order valence-corrected chi connectivity index (χ4v) is 1.72. The molecule has 2 N–H and O–H groups in total. The Balaban J connectivity index is 2.83. The first-order chi connectivity index (χ1) is 6.89. The SMILES string of the molecule is Cc1cc2c(F)ccc(C(C)(C)N)c2o1. The van der Waals surface area contributed by atoms with Crippen molar-refractivity contribution >= 4 is 11.0 Å². The van der Waals surface area contributed by atoms with Crippen LogP contribution in [0.4, 0.5) is 4.39 Å². The summed E-state index contributed by atoms with van der Waals surface area (Å²) in [5.41, 5.74) is 6.85. The van der Waals surface area contributed by atoms with Crippen molar-refractivity contribution in [1.29, 1.82) is 0 Å². The zero-order chi connectivity index (χ0) is 11.2. The van der Waals surface area contributed by atoms with E-state index in [9.17, 15) is 4.39 Å². The van der Waals surface area contributed by atoms with Gasteiger partial charge in [0.25, 0.3) is 0 Å². The summed E-state index contributed by atoms with van der Waals surface area (Å²) in [5, 5.41) is 0.503. The van der Waals surface area contributed by atoms with Crippen molar-refractivity contribution in [1.82, 2.24) is 0 Å². The summed E-state index contributed by atoms with van der Waals surface area (Å²) in [6.07, 6.45) is 0. The van der Waals surface area contributed by atoms with E-state index in [4.69, 9.17) is 10.2 Å². The van der Waals surface area contributed by atoms with Gasteiger partial charge in [0.05, 0.1) is 5.39 Å². The van der Waals surface area contributed by atoms with E-state index in [1.54, 1.807) is 19.1 Å². The Morgan fingerprint density at radius 3 is 2.60 bits per heavy atom. The van der Waals surface area contributed by atoms with E-state index < -0.39 is 5.54 Å². The molecule has 2 aromatic rings. The summed E-state index contributed by atoms with van der Waals surface area (Å²) in [5.74, 6) is 0.426. The van der Waals surface area contributed by atoms with Gasteiger partial charge in [0.2, 0.25) is 0 Å². The number of halogens is 1. The van der Waals surface area contributed by atoms with Gasteiger partial charge in [-0.05, 0) is 32.9 Å². The molecule has 2 nitrogen and oxygen atoms in total. The van der Waals surface area contributed by atoms with Gasteiger partial charge in [-0.3, -0.25) is 0 Å². The second kappa shape index (κ2) is 3.07. The molecule has 2 rings (SSSR count). The highest BCUT2D eigenvalue weighted by molar-refractivity contribution is 5.82. The van der Waals surface area contributed by atoms with Gasteiger partial charge in [0.15, 0.2) is 0 Å². The average molecular weight is 207 g/mol. The van der Waals surface area contributed by atoms with Crippen LogP contribution in [0, 0.1) is 12.7 Å². The van der Waals surface area contributed by atoms with Gasteiger partial charge < -0.3 is 10.2 Å². The fourth-order valence-electron chi connectivity index (χ4n) is 1.72. The van der Waals surface area contributed by atoms with E-state index in [-0.39, 0.29) is 5.82 Å². The summed E-state index contributed by atoms with van der Waals surface area (Å²) in [6.45, 7) is 5.54. The molecule has 1 aromatic heterocycles. The lowest BCUT2D eigenvalue weighted by molar-refractivity contribution is 0.523. The zero-order valence-electron chi connectivity index (χ0n) is 9.10. The number of hydrogen-bond acceptors (Lipinski definition) is 2. The highest BCUT2D eigenvalue weighted by Crippen LogP contribution is 2.30. The molecular weight excluding hydrogens is 193 g/mol. The Kier molecular flexibility index (Phi) is 2.08. The first-order valence-electron chi connectivity index (χ1n) is 4.87. The summed E-state index contributed by atoms with van der Waals surface area (Å²) in [6, 6.07) is 4.81. The van der Waals surface area contributed by atoms with Gasteiger partial charge in [-0.1, -0.05) is 6.07 Å². The lowest BCUT2D eigenvalue weighted by atomic mass is 9.94. The van der Waals surface area contributed by atoms with Gasteiger partial charge in [-0.2, -0.15) is 0 Å². The number of aryl methyl sites for hydroxylation is 1. The van der Waals surface area contributed by atoms with Crippen molar-refractivity contribution in [3.05, 3.63) is 35.3 Å². The van der Waals surface area contributed by atoms with Crippen LogP contribution >= 0.6 is 0 Å². The quantitative estimate of drug-likeness (QED) is 0.780. The minimum Gasteiger partial charge on any atom is -0.461 e. The predicted molar refractivity (Wildman–Crippen MR) is 58.1 cm³/mol. The van der Waals surface area contributed by atoms with E-state index in [1.165, 1.54) is 6.07 Å². The molecular formula is C12H14FNO. The van der Waals surface area contributed by atoms with Crippen LogP contribution in [0.3, 0.4) is 0 Å². The van der Waals surface area contributed by atoms with Crippen molar-refractivity contribution in [2.45, 2.75) is 26.3 Å². The molecule has 0 radical (unpaired) electrons. The largest absolute Gasteiger partial charge is 0.461 e. The van der Waals surface area contributed by atoms with E-state index in [0.717, 1.165) is 5.56 Å². The van der Waals surface area contributed by atoms with Gasteiger partial charge in [0.1, 0.15) is 17.2 Å². The summed E-state index contributed by atoms with van der Waals surface area (Å²) in [7, 11) is 0. The van der Waals surface area contributed by atoms with Gasteiger partial charge in [0, 0.05) is 11.1 Å². The standard InChI is InChI=1S/C12H14FNO/c1-7-6-8-10(13)5-4-9(11(8)15-7)12(2,3)14/h4-6H,14H2,1-3H3. The van der Waals surface area contributed by atoms with Crippen LogP contribution in [0.15, 0.2) is 22.6 Å². The van der Waals surface area contributed by atoms with Crippen molar-refractivity contribution in [3.63, 3.8) is 0 Å². The molecule has 0 saturated carbocycles. The van der Waals surface area contributed by atoms with Crippen molar-refractivity contribution in [2.75, 3.05) is 0 Å². The van der Waals surface area contributed by atoms with Gasteiger partial charge in [-0.15, -0.1) is 0 Å². The Morgan fingerprint density at radius 2 is 2.00 bits per heavy atom. The van der Waals surface area contributed by atoms with Crippen LogP contribution in [0.5, 0.6) is 0 Å². The number of nitrogens with two attached hydrogens (primary N) is 1. The maximum Gasteiger partial charge on any atom is 0.142 e. The maximum atomic E-state index is 13.5. The fraction of sp³-hybridized carbons (Fsp3) is 0.333. The molecule has 0 spiro atoms. The summed E-state index contributed by atoms with van der Waals surface area (Å²) >= 11 is 0. The van der Waals surface area contributed by atoms with Crippen LogP contribution in [0.2, 0.25) is 0 Å². The van der Waals surface area contributed by atoms with Crippen LogP contribution in [0.1, 0.15) is 25.2 Å². The molecule has 0 aliphatic carbocycles. The van der Waals surface area contributed by atoms with E-state index in [1.807, 2.05) is 13.8 Å². The highest BCUT2D eigenvalue weighted by atomic mass is 19.1. The molecule has 1 heterocycles. The smallest absolute Gasteiger partial charge is 0.142 e. The minimum absolute atomic E-state index is 0.269. The van der Waals surface area contributed by atoms with Crippen LogP contribution in [-0.2, 0) is 5.54 Å². The number of rotatable bonds is 1. The molecule has 0 unspecified atom stereocenters. The molecule has 3 heteroatoms. The summed E-state index contributed by atoms with van der Waals surface area (Å²) in [4.78, 5) is 0. The van der Waals surface area contributed by atoms with Crippen molar-refractivity contribution in [3.8, 4) is 0 Å². The molecule has 0 aliphatic heterocycles. The van der Waals surface area contributed by atoms with E-state index >= 15 is 0 Å². The molecule has 0 atom stereocenters. The number of furan rings is 1. The molecule has 0 bridgehead atoms. The minimum atomic E-state index is -0.532. The molecule has 0 amide bonds. The first-order valence-corrected chi connectivity index (χ1v) is 4.87. The molecule has 80 valence electrons. The van der Waals surface area contributed by atoms with E-state index in [0.29, 0.717) is 16.7 Å². The van der Waals surface area contributed by atoms with E-state index in [2.05, 4.69) is 0 Å². The molecule has 1 aromatic carbocycles. The molecule has 0 fully saturated rings. The van der Waals surface area contributed by atoms with Crippen LogP contribution in [-0.4, -0.2) is 0 Å². The van der Waals surface area contributed by atoms with Gasteiger partial charge >= 0.3 is 0 Å². The lowest BCUT2D eigenvalue weighted by Gasteiger charge is -2.19. The topological polar surface area (TPSA) is 39.2 Å². The number of fused-ring (bicyclic) bond motifs is 1. The van der Waals surface area contributed by atoms with Crippen molar-refractivity contribution < 1.29 is 8.81 Å². The van der Waals surface area contributed by atoms with Crippen LogP contribution < -0.4 is 5.73 Å². The third kappa shape index (κ3) is 1.63. The maximum absolute atomic E-state index is 13.5. The average Bonchev–Trinajstić information content (AvgIpc) is 2.45. The Morgan fingerprint density at radius 1 is 1.33 bits per heavy atom. The lowest BCUT2D eigenvalue weighted by Crippen LogP contribution is -2.28. The molecule has 15 heavy (non-hydrogen) atoms. The Bertz CT molecular complexity index is 508. The first kappa shape index (κ1) is 10.2. The Hall–Kier alpha value is -1.35. The monoisotopic (exact) mass is 207 g/mol. The second-order valence-electron chi connectivity index (χ2n) is 4.42. The Labute approximate surface area is 87.9 Å². The van der Waals surface area contributed by atoms with Gasteiger partial charge in [-0.25, -0.2) is 4.39 Å². The second-order valence-corrected chi connectivity index (χ2v) is 4.42. The third-order valence-corrected chi connectivity index (χ3v) is 2.45. The van der Waals surface area contributed by atoms with Crippen molar-refractivity contribution in [2.24, 2.45) is 5.73 Å². The number of hydrogen-bond donors (Lipinski definition) is 1. The third-order valence-electron chi connectivity index (χ3n) is 2.45. The highest BCUT2D eigenvalue weighted by Gasteiger charge is 2.21.